The molecule has 1 aliphatic carbocycles. The van der Waals surface area contributed by atoms with E-state index in [0.29, 0.717) is 5.92 Å². The van der Waals surface area contributed by atoms with Gasteiger partial charge in [-0.15, -0.1) is 0 Å². The molecule has 14 heavy (non-hydrogen) atoms. The first-order valence-corrected chi connectivity index (χ1v) is 5.00. The number of hydrogen-bond acceptors (Lipinski definition) is 3. The van der Waals surface area contributed by atoms with Gasteiger partial charge in [-0.05, 0) is 25.7 Å². The van der Waals surface area contributed by atoms with Gasteiger partial charge in [-0.3, -0.25) is 4.79 Å². The molecular weight excluding hydrogens is 182 g/mol. The van der Waals surface area contributed by atoms with Crippen LogP contribution < -0.4 is 5.32 Å². The van der Waals surface area contributed by atoms with Gasteiger partial charge in [0.1, 0.15) is 0 Å². The molecule has 1 aliphatic rings. The fourth-order valence-electron chi connectivity index (χ4n) is 1.17. The van der Waals surface area contributed by atoms with E-state index < -0.39 is 6.09 Å². The molecule has 82 valence electrons. The summed E-state index contributed by atoms with van der Waals surface area (Å²) < 4.78 is 4.41. The summed E-state index contributed by atoms with van der Waals surface area (Å²) >= 11 is 0. The van der Waals surface area contributed by atoms with E-state index >= 15 is 0 Å². The van der Waals surface area contributed by atoms with Crippen molar-refractivity contribution in [2.45, 2.75) is 39.7 Å². The third-order valence-electron chi connectivity index (χ3n) is 1.99. The highest BCUT2D eigenvalue weighted by Crippen LogP contribution is 2.32. The quantitative estimate of drug-likeness (QED) is 0.756. The minimum absolute atomic E-state index is 0.00269. The Labute approximate surface area is 85.0 Å². The lowest BCUT2D eigenvalue weighted by Gasteiger charge is -2.13. The van der Waals surface area contributed by atoms with Gasteiger partial charge < -0.3 is 10.1 Å². The first-order chi connectivity index (χ1) is 6.65. The number of alkyl carbamates (subject to hydrolysis) is 1. The van der Waals surface area contributed by atoms with Crippen LogP contribution in [0, 0.1) is 5.92 Å². The van der Waals surface area contributed by atoms with Crippen LogP contribution in [0.15, 0.2) is 0 Å². The number of nitrogens with one attached hydrogen (secondary N) is 1. The van der Waals surface area contributed by atoms with Crippen LogP contribution in [0.5, 0.6) is 0 Å². The molecule has 4 nitrogen and oxygen atoms in total. The van der Waals surface area contributed by atoms with Gasteiger partial charge >= 0.3 is 6.09 Å². The Morgan fingerprint density at radius 1 is 1.36 bits per heavy atom. The highest BCUT2D eigenvalue weighted by molar-refractivity contribution is 5.86. The second-order valence-electron chi connectivity index (χ2n) is 3.06. The largest absolute Gasteiger partial charge is 0.453 e. The van der Waals surface area contributed by atoms with Crippen LogP contribution in [-0.4, -0.2) is 25.0 Å². The van der Waals surface area contributed by atoms with Crippen molar-refractivity contribution in [3.63, 3.8) is 0 Å². The number of methoxy groups -OCH3 is 1. The Bertz CT molecular complexity index is 200. The normalized spacial score (nSPS) is 16.0. The zero-order chi connectivity index (χ0) is 11.1. The fourth-order valence-corrected chi connectivity index (χ4v) is 1.17. The number of hydrogen-bond donors (Lipinski definition) is 1. The van der Waals surface area contributed by atoms with E-state index in [9.17, 15) is 9.59 Å². The van der Waals surface area contributed by atoms with Crippen molar-refractivity contribution >= 4 is 11.9 Å². The van der Waals surface area contributed by atoms with E-state index in [0.717, 1.165) is 12.8 Å². The molecule has 1 fully saturated rings. The predicted octanol–water partition coefficient (Wildman–Crippen LogP) is 1.74. The molecule has 0 aliphatic heterocycles. The monoisotopic (exact) mass is 201 g/mol. The summed E-state index contributed by atoms with van der Waals surface area (Å²) in [5.41, 5.74) is 0. The van der Waals surface area contributed by atoms with E-state index in [1.807, 2.05) is 13.8 Å². The van der Waals surface area contributed by atoms with Crippen molar-refractivity contribution in [1.29, 1.82) is 0 Å². The SMILES string of the molecule is CC.COC(=O)NC(C(C)=O)C1CC1. The summed E-state index contributed by atoms with van der Waals surface area (Å²) in [5.74, 6) is 0.337. The minimum atomic E-state index is -0.526. The molecule has 1 saturated carbocycles. The van der Waals surface area contributed by atoms with Crippen LogP contribution in [0.4, 0.5) is 4.79 Å². The third kappa shape index (κ3) is 4.25. The Hall–Kier alpha value is -1.06. The molecule has 0 spiro atoms. The maximum absolute atomic E-state index is 11.0. The Kier molecular flexibility index (Phi) is 5.92. The minimum Gasteiger partial charge on any atom is -0.453 e. The molecule has 0 saturated heterocycles. The fraction of sp³-hybridized carbons (Fsp3) is 0.800. The summed E-state index contributed by atoms with van der Waals surface area (Å²) in [4.78, 5) is 21.8. The van der Waals surface area contributed by atoms with Crippen molar-refractivity contribution in [1.82, 2.24) is 5.32 Å². The van der Waals surface area contributed by atoms with Crippen molar-refractivity contribution in [3.8, 4) is 0 Å². The lowest BCUT2D eigenvalue weighted by Crippen LogP contribution is -2.41. The molecule has 0 bridgehead atoms. The van der Waals surface area contributed by atoms with E-state index in [-0.39, 0.29) is 11.8 Å². The van der Waals surface area contributed by atoms with Crippen LogP contribution in [0.3, 0.4) is 0 Å². The van der Waals surface area contributed by atoms with Crippen molar-refractivity contribution in [2.75, 3.05) is 7.11 Å². The van der Waals surface area contributed by atoms with Crippen LogP contribution in [0.2, 0.25) is 0 Å². The molecule has 4 heteroatoms. The van der Waals surface area contributed by atoms with E-state index in [2.05, 4.69) is 10.1 Å². The lowest BCUT2D eigenvalue weighted by molar-refractivity contribution is -0.119. The summed E-state index contributed by atoms with van der Waals surface area (Å²) in [6.45, 7) is 5.49. The topological polar surface area (TPSA) is 55.4 Å². The Balaban J connectivity index is 0.000000791. The number of ether oxygens (including phenoxy) is 1. The van der Waals surface area contributed by atoms with Crippen LogP contribution in [-0.2, 0) is 9.53 Å². The Morgan fingerprint density at radius 2 is 1.86 bits per heavy atom. The molecule has 1 unspecified atom stereocenters. The van der Waals surface area contributed by atoms with Crippen molar-refractivity contribution in [2.24, 2.45) is 5.92 Å². The van der Waals surface area contributed by atoms with Gasteiger partial charge in [0.15, 0.2) is 5.78 Å². The second-order valence-corrected chi connectivity index (χ2v) is 3.06. The summed E-state index contributed by atoms with van der Waals surface area (Å²) in [5, 5.41) is 2.52. The van der Waals surface area contributed by atoms with Crippen molar-refractivity contribution in [3.05, 3.63) is 0 Å². The van der Waals surface area contributed by atoms with Gasteiger partial charge in [0.05, 0.1) is 13.2 Å². The molecule has 0 aromatic heterocycles. The summed E-state index contributed by atoms with van der Waals surface area (Å²) in [6.07, 6.45) is 1.52. The number of carbonyl (C=O) groups is 2. The number of rotatable bonds is 3. The highest BCUT2D eigenvalue weighted by atomic mass is 16.5. The molecule has 1 amide bonds. The average molecular weight is 201 g/mol. The third-order valence-corrected chi connectivity index (χ3v) is 1.99. The van der Waals surface area contributed by atoms with Gasteiger partial charge in [-0.1, -0.05) is 13.8 Å². The van der Waals surface area contributed by atoms with E-state index in [1.165, 1.54) is 14.0 Å². The zero-order valence-corrected chi connectivity index (χ0v) is 9.29. The molecule has 0 heterocycles. The smallest absolute Gasteiger partial charge is 0.407 e. The average Bonchev–Trinajstić information content (AvgIpc) is 3.00. The molecule has 1 rings (SSSR count). The van der Waals surface area contributed by atoms with Crippen LogP contribution in [0.1, 0.15) is 33.6 Å². The van der Waals surface area contributed by atoms with Gasteiger partial charge in [0, 0.05) is 0 Å². The van der Waals surface area contributed by atoms with E-state index in [4.69, 9.17) is 0 Å². The van der Waals surface area contributed by atoms with Gasteiger partial charge in [-0.25, -0.2) is 4.79 Å². The lowest BCUT2D eigenvalue weighted by atomic mass is 10.1. The summed E-state index contributed by atoms with van der Waals surface area (Å²) in [6, 6.07) is -0.336. The standard InChI is InChI=1S/C8H13NO3.C2H6/c1-5(10)7(6-3-4-6)9-8(11)12-2;1-2/h6-7H,3-4H2,1-2H3,(H,9,11);1-2H3. The molecular formula is C10H19NO3. The molecule has 0 aromatic carbocycles. The Morgan fingerprint density at radius 3 is 2.14 bits per heavy atom. The van der Waals surface area contributed by atoms with Crippen molar-refractivity contribution < 1.29 is 14.3 Å². The summed E-state index contributed by atoms with van der Waals surface area (Å²) in [7, 11) is 1.29. The maximum atomic E-state index is 11.0. The number of amides is 1. The maximum Gasteiger partial charge on any atom is 0.407 e. The zero-order valence-electron chi connectivity index (χ0n) is 9.29. The van der Waals surface area contributed by atoms with Gasteiger partial charge in [-0.2, -0.15) is 0 Å². The highest BCUT2D eigenvalue weighted by Gasteiger charge is 2.35. The predicted molar refractivity (Wildman–Crippen MR) is 54.1 cm³/mol. The first kappa shape index (κ1) is 12.9. The molecule has 0 radical (unpaired) electrons. The molecule has 1 N–H and O–H groups in total. The number of carbonyl (C=O) groups excluding carboxylic acids is 2. The van der Waals surface area contributed by atoms with E-state index in [1.54, 1.807) is 0 Å². The number of ketones is 1. The van der Waals surface area contributed by atoms with Gasteiger partial charge in [0.2, 0.25) is 0 Å². The first-order valence-electron chi connectivity index (χ1n) is 5.00. The molecule has 1 atom stereocenters. The number of Topliss-reactive ketones (excluding diaryl/α,β-unsaturated/α-hetero) is 1. The van der Waals surface area contributed by atoms with Crippen LogP contribution >= 0.6 is 0 Å². The van der Waals surface area contributed by atoms with Crippen LogP contribution in [0.25, 0.3) is 0 Å². The van der Waals surface area contributed by atoms with Gasteiger partial charge in [0.25, 0.3) is 0 Å². The second kappa shape index (κ2) is 6.40. The molecule has 0 aromatic rings.